The van der Waals surface area contributed by atoms with Crippen LogP contribution in [0.15, 0.2) is 17.3 Å². The molecule has 0 saturated carbocycles. The zero-order chi connectivity index (χ0) is 15.1. The number of nitrogens with zero attached hydrogens (tertiary/aromatic N) is 4. The molecule has 3 N–H and O–H groups in total. The van der Waals surface area contributed by atoms with Gasteiger partial charge in [-0.2, -0.15) is 5.26 Å². The van der Waals surface area contributed by atoms with Gasteiger partial charge in [-0.3, -0.25) is 9.80 Å². The number of amides is 2. The predicted octanol–water partition coefficient (Wildman–Crippen LogP) is -2.02. The largest absolute Gasteiger partial charge is 0.394 e. The maximum atomic E-state index is 12.4. The van der Waals surface area contributed by atoms with Gasteiger partial charge in [0.2, 0.25) is 0 Å². The molecule has 3 heterocycles. The van der Waals surface area contributed by atoms with E-state index in [1.165, 1.54) is 17.2 Å². The summed E-state index contributed by atoms with van der Waals surface area (Å²) in [5.74, 6) is 0.384. The number of aliphatic hydroxyl groups excluding tert-OH is 3. The Balaban J connectivity index is 1.81. The number of nitriles is 1. The lowest BCUT2D eigenvalue weighted by Gasteiger charge is -2.33. The average molecular weight is 294 g/mol. The Bertz CT molecular complexity index is 556. The van der Waals surface area contributed by atoms with E-state index < -0.39 is 43.2 Å². The van der Waals surface area contributed by atoms with Gasteiger partial charge in [-0.1, -0.05) is 0 Å². The van der Waals surface area contributed by atoms with Crippen LogP contribution in [-0.4, -0.2) is 80.7 Å². The minimum absolute atomic E-state index is 0.139. The third kappa shape index (κ3) is 2.09. The van der Waals surface area contributed by atoms with Crippen LogP contribution in [-0.2, 0) is 4.74 Å². The van der Waals surface area contributed by atoms with Crippen LogP contribution in [0.2, 0.25) is 0 Å². The number of aliphatic hydroxyl groups is 3. The molecule has 3 aliphatic rings. The second kappa shape index (κ2) is 5.09. The van der Waals surface area contributed by atoms with Gasteiger partial charge < -0.3 is 20.1 Å². The van der Waals surface area contributed by atoms with E-state index in [0.29, 0.717) is 5.84 Å². The third-order valence-corrected chi connectivity index (χ3v) is 3.70. The number of hydrogen-bond acceptors (Lipinski definition) is 7. The van der Waals surface area contributed by atoms with E-state index in [0.717, 1.165) is 4.90 Å². The molecule has 0 radical (unpaired) electrons. The van der Waals surface area contributed by atoms with Crippen molar-refractivity contribution in [3.8, 4) is 6.07 Å². The second-order valence-corrected chi connectivity index (χ2v) is 4.98. The fraction of sp³-hybridized carbons (Fsp3) is 0.583. The molecule has 3 aliphatic heterocycles. The molecule has 0 aromatic heterocycles. The van der Waals surface area contributed by atoms with Crippen LogP contribution in [0.5, 0.6) is 0 Å². The monoisotopic (exact) mass is 294 g/mol. The van der Waals surface area contributed by atoms with Gasteiger partial charge in [0, 0.05) is 6.20 Å². The van der Waals surface area contributed by atoms with Crippen molar-refractivity contribution >= 4 is 11.9 Å². The number of urea groups is 1. The summed E-state index contributed by atoms with van der Waals surface area (Å²) in [4.78, 5) is 18.9. The Hall–Kier alpha value is -1.99. The Kier molecular flexibility index (Phi) is 3.38. The normalized spacial score (nSPS) is 38.5. The number of fused-ring (bicyclic) bond motifs is 1. The number of carbonyl (C=O) groups excluding carboxylic acids is 1. The van der Waals surface area contributed by atoms with Crippen LogP contribution in [0.3, 0.4) is 0 Å². The van der Waals surface area contributed by atoms with Gasteiger partial charge in [0.25, 0.3) is 0 Å². The molecule has 0 aromatic carbocycles. The highest BCUT2D eigenvalue weighted by atomic mass is 16.6. The van der Waals surface area contributed by atoms with Crippen molar-refractivity contribution in [1.82, 2.24) is 9.80 Å². The highest BCUT2D eigenvalue weighted by Gasteiger charge is 2.48. The quantitative estimate of drug-likeness (QED) is 0.539. The fourth-order valence-corrected chi connectivity index (χ4v) is 2.57. The molecule has 112 valence electrons. The lowest BCUT2D eigenvalue weighted by atomic mass is 10.1. The average Bonchev–Trinajstić information content (AvgIpc) is 3.03. The minimum atomic E-state index is -1.33. The Labute approximate surface area is 120 Å². The first-order valence-electron chi connectivity index (χ1n) is 6.44. The molecule has 9 nitrogen and oxygen atoms in total. The first kappa shape index (κ1) is 14.0. The molecule has 1 saturated heterocycles. The van der Waals surface area contributed by atoms with E-state index in [-0.39, 0.29) is 6.54 Å². The zero-order valence-corrected chi connectivity index (χ0v) is 10.9. The highest BCUT2D eigenvalue weighted by molar-refractivity contribution is 6.07. The smallest absolute Gasteiger partial charge is 0.331 e. The van der Waals surface area contributed by atoms with Gasteiger partial charge in [0.1, 0.15) is 24.1 Å². The molecule has 9 heteroatoms. The van der Waals surface area contributed by atoms with Crippen LogP contribution in [0.4, 0.5) is 4.79 Å². The first-order chi connectivity index (χ1) is 10.1. The Morgan fingerprint density at radius 2 is 2.24 bits per heavy atom. The van der Waals surface area contributed by atoms with Gasteiger partial charge in [-0.15, -0.1) is 0 Å². The van der Waals surface area contributed by atoms with Crippen molar-refractivity contribution in [1.29, 1.82) is 5.26 Å². The van der Waals surface area contributed by atoms with E-state index in [9.17, 15) is 15.0 Å². The molecular formula is C12H14N4O5. The third-order valence-electron chi connectivity index (χ3n) is 3.70. The molecule has 3 rings (SSSR count). The van der Waals surface area contributed by atoms with Crippen molar-refractivity contribution in [2.24, 2.45) is 4.99 Å². The van der Waals surface area contributed by atoms with Gasteiger partial charge in [-0.05, 0) is 6.08 Å². The number of carbonyl (C=O) groups is 1. The molecule has 1 fully saturated rings. The number of amidine groups is 1. The molecule has 0 bridgehead atoms. The summed E-state index contributed by atoms with van der Waals surface area (Å²) >= 11 is 0. The molecule has 21 heavy (non-hydrogen) atoms. The van der Waals surface area contributed by atoms with Crippen LogP contribution in [0.25, 0.3) is 0 Å². The molecule has 5 atom stereocenters. The van der Waals surface area contributed by atoms with Gasteiger partial charge in [0.15, 0.2) is 12.3 Å². The molecule has 0 spiro atoms. The minimum Gasteiger partial charge on any atom is -0.394 e. The summed E-state index contributed by atoms with van der Waals surface area (Å²) in [6, 6.07) is 0.861. The standard InChI is InChI=1S/C12H14N4O5/c13-3-6-4-16-8(14-6)1-2-15(12(16)20)11-10(19)9(18)7(5-17)21-11/h1-2,6-7,9-11,17-19H,4-5H2/t6?,7-,9-,10-,11-/m1/s1. The second-order valence-electron chi connectivity index (χ2n) is 4.98. The maximum absolute atomic E-state index is 12.4. The molecule has 2 amide bonds. The molecule has 1 unspecified atom stereocenters. The molecule has 0 aromatic rings. The Morgan fingerprint density at radius 1 is 1.48 bits per heavy atom. The van der Waals surface area contributed by atoms with Crippen molar-refractivity contribution in [2.45, 2.75) is 30.6 Å². The zero-order valence-electron chi connectivity index (χ0n) is 10.9. The van der Waals surface area contributed by atoms with Crippen LogP contribution < -0.4 is 0 Å². The van der Waals surface area contributed by atoms with Gasteiger partial charge >= 0.3 is 6.03 Å². The summed E-state index contributed by atoms with van der Waals surface area (Å²) in [6.07, 6.45) is -1.73. The van der Waals surface area contributed by atoms with Crippen molar-refractivity contribution in [3.63, 3.8) is 0 Å². The number of ether oxygens (including phenoxy) is 1. The summed E-state index contributed by atoms with van der Waals surface area (Å²) < 4.78 is 5.32. The summed E-state index contributed by atoms with van der Waals surface area (Å²) in [7, 11) is 0. The lowest BCUT2D eigenvalue weighted by molar-refractivity contribution is -0.0675. The van der Waals surface area contributed by atoms with Crippen LogP contribution in [0, 0.1) is 11.3 Å². The SMILES string of the molecule is N#CC1CN2C(=O)N([C@@H]3O[C@H](CO)[C@@H](O)[C@H]3O)C=CC2=N1. The topological polar surface area (TPSA) is 130 Å². The van der Waals surface area contributed by atoms with E-state index in [1.54, 1.807) is 0 Å². The summed E-state index contributed by atoms with van der Waals surface area (Å²) in [5, 5.41) is 37.6. The first-order valence-corrected chi connectivity index (χ1v) is 6.44. The predicted molar refractivity (Wildman–Crippen MR) is 67.7 cm³/mol. The summed E-state index contributed by atoms with van der Waals surface area (Å²) in [5.41, 5.74) is 0. The molecular weight excluding hydrogens is 280 g/mol. The van der Waals surface area contributed by atoms with Crippen LogP contribution >= 0.6 is 0 Å². The van der Waals surface area contributed by atoms with E-state index in [4.69, 9.17) is 15.1 Å². The maximum Gasteiger partial charge on any atom is 0.331 e. The molecule has 0 aliphatic carbocycles. The lowest BCUT2D eigenvalue weighted by Crippen LogP contribution is -2.53. The number of rotatable bonds is 2. The Morgan fingerprint density at radius 3 is 2.86 bits per heavy atom. The van der Waals surface area contributed by atoms with Crippen LogP contribution in [0.1, 0.15) is 0 Å². The fourth-order valence-electron chi connectivity index (χ4n) is 2.57. The van der Waals surface area contributed by atoms with Gasteiger partial charge in [-0.25, -0.2) is 9.79 Å². The highest BCUT2D eigenvalue weighted by Crippen LogP contribution is 2.28. The van der Waals surface area contributed by atoms with Crippen molar-refractivity contribution in [2.75, 3.05) is 13.2 Å². The number of aliphatic imine (C=N–C) groups is 1. The van der Waals surface area contributed by atoms with Crippen molar-refractivity contribution < 1.29 is 24.9 Å². The van der Waals surface area contributed by atoms with E-state index in [1.807, 2.05) is 6.07 Å². The van der Waals surface area contributed by atoms with Gasteiger partial charge in [0.05, 0.1) is 19.2 Å². The number of hydrogen-bond donors (Lipinski definition) is 3. The summed E-state index contributed by atoms with van der Waals surface area (Å²) in [6.45, 7) is -0.326. The van der Waals surface area contributed by atoms with Crippen molar-refractivity contribution in [3.05, 3.63) is 12.3 Å². The van der Waals surface area contributed by atoms with E-state index >= 15 is 0 Å². The van der Waals surface area contributed by atoms with E-state index in [2.05, 4.69) is 4.99 Å².